The third-order valence-corrected chi connectivity index (χ3v) is 6.85. The number of hydrogen-bond donors (Lipinski definition) is 2. The maximum absolute atomic E-state index is 13.0. The highest BCUT2D eigenvalue weighted by atomic mass is 16.2. The molecule has 0 spiro atoms. The molecule has 2 aliphatic rings. The fraction of sp³-hybridized carbons (Fsp3) is 0.417. The van der Waals surface area contributed by atoms with Gasteiger partial charge in [0, 0.05) is 19.6 Å². The van der Waals surface area contributed by atoms with Crippen molar-refractivity contribution < 1.29 is 4.79 Å². The Labute approximate surface area is 171 Å². The van der Waals surface area contributed by atoms with E-state index >= 15 is 0 Å². The molecule has 5 heteroatoms. The number of nitrogens with one attached hydrogen (secondary N) is 2. The first-order valence-corrected chi connectivity index (χ1v) is 10.7. The van der Waals surface area contributed by atoms with Gasteiger partial charge in [-0.15, -0.1) is 0 Å². The van der Waals surface area contributed by atoms with Crippen molar-refractivity contribution in [2.75, 3.05) is 13.1 Å². The molecule has 0 bridgehead atoms. The van der Waals surface area contributed by atoms with Crippen molar-refractivity contribution in [1.82, 2.24) is 20.2 Å². The maximum Gasteiger partial charge on any atom is 0.228 e. The van der Waals surface area contributed by atoms with Gasteiger partial charge in [-0.3, -0.25) is 4.79 Å². The largest absolute Gasteiger partial charge is 0.351 e. The molecule has 2 N–H and O–H groups in total. The van der Waals surface area contributed by atoms with Crippen LogP contribution >= 0.6 is 0 Å². The van der Waals surface area contributed by atoms with Crippen LogP contribution in [0.3, 0.4) is 0 Å². The molecule has 2 heterocycles. The summed E-state index contributed by atoms with van der Waals surface area (Å²) in [6.07, 6.45) is 6.53. The second-order valence-electron chi connectivity index (χ2n) is 8.59. The quantitative estimate of drug-likeness (QED) is 0.704. The van der Waals surface area contributed by atoms with Gasteiger partial charge in [-0.25, -0.2) is 4.98 Å². The van der Waals surface area contributed by atoms with E-state index in [9.17, 15) is 4.79 Å². The van der Waals surface area contributed by atoms with Gasteiger partial charge < -0.3 is 15.2 Å². The second kappa shape index (κ2) is 7.64. The van der Waals surface area contributed by atoms with Gasteiger partial charge in [0.15, 0.2) is 0 Å². The van der Waals surface area contributed by atoms with Crippen LogP contribution in [-0.2, 0) is 17.9 Å². The molecule has 1 amide bonds. The SMILES string of the molecule is O=C(NCc1ccc(Cn2cnc3ccccc32)cc1)[C@@]12CCCC[C@H]1CNC2. The molecule has 1 aromatic heterocycles. The number of benzene rings is 2. The summed E-state index contributed by atoms with van der Waals surface area (Å²) in [5, 5.41) is 6.68. The molecule has 1 aliphatic carbocycles. The van der Waals surface area contributed by atoms with E-state index in [1.807, 2.05) is 24.5 Å². The molecule has 0 radical (unpaired) electrons. The smallest absolute Gasteiger partial charge is 0.228 e. The van der Waals surface area contributed by atoms with Crippen molar-refractivity contribution in [3.63, 3.8) is 0 Å². The average Bonchev–Trinajstić information content (AvgIpc) is 3.38. The Morgan fingerprint density at radius 2 is 1.97 bits per heavy atom. The van der Waals surface area contributed by atoms with E-state index in [-0.39, 0.29) is 11.3 Å². The molecule has 5 rings (SSSR count). The van der Waals surface area contributed by atoms with Gasteiger partial charge in [0.2, 0.25) is 5.91 Å². The van der Waals surface area contributed by atoms with E-state index in [2.05, 4.69) is 50.5 Å². The number of imidazole rings is 1. The van der Waals surface area contributed by atoms with Crippen LogP contribution in [-0.4, -0.2) is 28.5 Å². The van der Waals surface area contributed by atoms with Crippen LogP contribution in [0, 0.1) is 11.3 Å². The molecule has 5 nitrogen and oxygen atoms in total. The summed E-state index contributed by atoms with van der Waals surface area (Å²) in [6.45, 7) is 3.22. The Bertz CT molecular complexity index is 1010. The third kappa shape index (κ3) is 3.44. The van der Waals surface area contributed by atoms with E-state index in [1.165, 1.54) is 24.8 Å². The Morgan fingerprint density at radius 1 is 1.14 bits per heavy atom. The van der Waals surface area contributed by atoms with E-state index in [0.29, 0.717) is 12.5 Å². The maximum atomic E-state index is 13.0. The third-order valence-electron chi connectivity index (χ3n) is 6.85. The molecule has 2 fully saturated rings. The Kier molecular flexibility index (Phi) is 4.84. The molecule has 2 atom stereocenters. The normalized spacial score (nSPS) is 23.8. The minimum Gasteiger partial charge on any atom is -0.351 e. The average molecular weight is 389 g/mol. The van der Waals surface area contributed by atoms with Gasteiger partial charge in [-0.1, -0.05) is 49.2 Å². The first kappa shape index (κ1) is 18.4. The fourth-order valence-corrected chi connectivity index (χ4v) is 5.14. The van der Waals surface area contributed by atoms with Gasteiger partial charge in [0.25, 0.3) is 0 Å². The molecular weight excluding hydrogens is 360 g/mol. The summed E-state index contributed by atoms with van der Waals surface area (Å²) in [5.41, 5.74) is 4.37. The molecule has 1 aliphatic heterocycles. The summed E-state index contributed by atoms with van der Waals surface area (Å²) in [4.78, 5) is 17.5. The summed E-state index contributed by atoms with van der Waals surface area (Å²) >= 11 is 0. The first-order valence-electron chi connectivity index (χ1n) is 10.7. The van der Waals surface area contributed by atoms with Crippen molar-refractivity contribution in [3.8, 4) is 0 Å². The minimum absolute atomic E-state index is 0.180. The number of carbonyl (C=O) groups is 1. The number of amides is 1. The lowest BCUT2D eigenvalue weighted by Crippen LogP contribution is -2.47. The van der Waals surface area contributed by atoms with Crippen LogP contribution in [0.2, 0.25) is 0 Å². The van der Waals surface area contributed by atoms with Gasteiger partial charge in [-0.05, 0) is 48.6 Å². The van der Waals surface area contributed by atoms with Crippen LogP contribution in [0.5, 0.6) is 0 Å². The lowest BCUT2D eigenvalue weighted by molar-refractivity contribution is -0.134. The molecule has 3 aromatic rings. The number of aromatic nitrogens is 2. The Hall–Kier alpha value is -2.66. The molecule has 150 valence electrons. The number of para-hydroxylation sites is 2. The first-order chi connectivity index (χ1) is 14.2. The predicted octanol–water partition coefficient (Wildman–Crippen LogP) is 3.48. The lowest BCUT2D eigenvalue weighted by atomic mass is 9.67. The number of rotatable bonds is 5. The van der Waals surface area contributed by atoms with Gasteiger partial charge >= 0.3 is 0 Å². The molecule has 29 heavy (non-hydrogen) atoms. The highest BCUT2D eigenvalue weighted by molar-refractivity contribution is 5.84. The van der Waals surface area contributed by atoms with Crippen molar-refractivity contribution >= 4 is 16.9 Å². The van der Waals surface area contributed by atoms with E-state index in [4.69, 9.17) is 0 Å². The topological polar surface area (TPSA) is 59.0 Å². The zero-order chi connectivity index (χ0) is 19.7. The van der Waals surface area contributed by atoms with Crippen molar-refractivity contribution in [2.45, 2.75) is 38.8 Å². The molecule has 1 saturated carbocycles. The molecule has 2 aromatic carbocycles. The van der Waals surface area contributed by atoms with Crippen LogP contribution in [0.25, 0.3) is 11.0 Å². The van der Waals surface area contributed by atoms with E-state index in [1.54, 1.807) is 0 Å². The number of nitrogens with zero attached hydrogens (tertiary/aromatic N) is 2. The molecule has 0 unspecified atom stereocenters. The number of fused-ring (bicyclic) bond motifs is 2. The Morgan fingerprint density at radius 3 is 2.86 bits per heavy atom. The minimum atomic E-state index is -0.180. The van der Waals surface area contributed by atoms with Gasteiger partial charge in [-0.2, -0.15) is 0 Å². The zero-order valence-corrected chi connectivity index (χ0v) is 16.7. The number of hydrogen-bond acceptors (Lipinski definition) is 3. The lowest BCUT2D eigenvalue weighted by Gasteiger charge is -2.37. The van der Waals surface area contributed by atoms with Gasteiger partial charge in [0.05, 0.1) is 22.8 Å². The van der Waals surface area contributed by atoms with Crippen molar-refractivity contribution in [1.29, 1.82) is 0 Å². The Balaban J connectivity index is 1.22. The van der Waals surface area contributed by atoms with E-state index in [0.717, 1.165) is 42.7 Å². The fourth-order valence-electron chi connectivity index (χ4n) is 5.14. The van der Waals surface area contributed by atoms with Crippen molar-refractivity contribution in [2.24, 2.45) is 11.3 Å². The zero-order valence-electron chi connectivity index (χ0n) is 16.7. The van der Waals surface area contributed by atoms with Crippen LogP contribution in [0.1, 0.15) is 36.8 Å². The monoisotopic (exact) mass is 388 g/mol. The highest BCUT2D eigenvalue weighted by Crippen LogP contribution is 2.43. The van der Waals surface area contributed by atoms with Crippen LogP contribution in [0.15, 0.2) is 54.9 Å². The van der Waals surface area contributed by atoms with Crippen LogP contribution in [0.4, 0.5) is 0 Å². The van der Waals surface area contributed by atoms with Crippen LogP contribution < -0.4 is 10.6 Å². The predicted molar refractivity (Wildman–Crippen MR) is 114 cm³/mol. The summed E-state index contributed by atoms with van der Waals surface area (Å²) < 4.78 is 2.17. The standard InChI is InChI=1S/C24H28N4O/c29-23(24-12-4-3-5-20(24)14-25-16-24)26-13-18-8-10-19(11-9-18)15-28-17-27-21-6-1-2-7-22(21)28/h1-2,6-11,17,20,25H,3-5,12-16H2,(H,26,29)/t20-,24+/m0/s1. The molecule has 1 saturated heterocycles. The van der Waals surface area contributed by atoms with Gasteiger partial charge in [0.1, 0.15) is 0 Å². The molecular formula is C24H28N4O. The summed E-state index contributed by atoms with van der Waals surface area (Å²) in [6, 6.07) is 16.7. The van der Waals surface area contributed by atoms with E-state index < -0.39 is 0 Å². The highest BCUT2D eigenvalue weighted by Gasteiger charge is 2.49. The summed E-state index contributed by atoms with van der Waals surface area (Å²) in [7, 11) is 0. The second-order valence-corrected chi connectivity index (χ2v) is 8.59. The summed E-state index contributed by atoms with van der Waals surface area (Å²) in [5.74, 6) is 0.741. The van der Waals surface area contributed by atoms with Crippen molar-refractivity contribution in [3.05, 3.63) is 66.0 Å². The number of carbonyl (C=O) groups excluding carboxylic acids is 1.